The van der Waals surface area contributed by atoms with Crippen molar-refractivity contribution in [1.82, 2.24) is 9.99 Å². The van der Waals surface area contributed by atoms with Crippen LogP contribution in [0.4, 0.5) is 5.69 Å². The van der Waals surface area contributed by atoms with E-state index in [1.165, 1.54) is 6.21 Å². The Morgan fingerprint density at radius 1 is 0.900 bits per heavy atom. The zero-order valence-electron chi connectivity index (χ0n) is 22.9. The lowest BCUT2D eigenvalue weighted by molar-refractivity contribution is -0.119. The predicted octanol–water partition coefficient (Wildman–Crippen LogP) is 6.67. The first kappa shape index (κ1) is 29.4. The van der Waals surface area contributed by atoms with Crippen LogP contribution in [0.5, 0.6) is 0 Å². The number of aryl methyl sites for hydroxylation is 4. The van der Waals surface area contributed by atoms with E-state index in [1.807, 2.05) is 57.4 Å². The van der Waals surface area contributed by atoms with Crippen molar-refractivity contribution >= 4 is 51.0 Å². The fraction of sp³-hybridized carbons (Fsp3) is 0.200. The molecule has 1 N–H and O–H groups in total. The van der Waals surface area contributed by atoms with Gasteiger partial charge < -0.3 is 4.57 Å². The molecule has 0 aliphatic heterocycles. The van der Waals surface area contributed by atoms with Crippen LogP contribution in [-0.4, -0.2) is 31.7 Å². The van der Waals surface area contributed by atoms with Gasteiger partial charge in [-0.3, -0.25) is 9.10 Å². The number of benzene rings is 3. The molecule has 0 aliphatic carbocycles. The van der Waals surface area contributed by atoms with Crippen molar-refractivity contribution in [3.05, 3.63) is 110 Å². The second kappa shape index (κ2) is 11.9. The molecule has 4 aromatic rings. The first-order valence-corrected chi connectivity index (χ1v) is 14.7. The summed E-state index contributed by atoms with van der Waals surface area (Å²) in [5.74, 6) is -0.583. The van der Waals surface area contributed by atoms with E-state index in [9.17, 15) is 13.2 Å². The Morgan fingerprint density at radius 2 is 1.55 bits per heavy atom. The lowest BCUT2D eigenvalue weighted by Crippen LogP contribution is -2.39. The Hall–Kier alpha value is -3.59. The summed E-state index contributed by atoms with van der Waals surface area (Å²) in [5.41, 5.74) is 8.90. The Balaban J connectivity index is 1.58. The van der Waals surface area contributed by atoms with Gasteiger partial charge in [-0.1, -0.05) is 47.0 Å². The maximum absolute atomic E-state index is 13.7. The van der Waals surface area contributed by atoms with Crippen LogP contribution in [0.1, 0.15) is 33.6 Å². The highest BCUT2D eigenvalue weighted by atomic mass is 35.5. The number of hydrogen-bond donors (Lipinski definition) is 1. The van der Waals surface area contributed by atoms with Crippen molar-refractivity contribution in [2.24, 2.45) is 5.10 Å². The second-order valence-electron chi connectivity index (χ2n) is 9.72. The van der Waals surface area contributed by atoms with Crippen molar-refractivity contribution in [1.29, 1.82) is 0 Å². The fourth-order valence-electron chi connectivity index (χ4n) is 4.54. The lowest BCUT2D eigenvalue weighted by Gasteiger charge is -2.24. The largest absolute Gasteiger partial charge is 0.316 e. The smallest absolute Gasteiger partial charge is 0.264 e. The van der Waals surface area contributed by atoms with E-state index in [-0.39, 0.29) is 4.90 Å². The number of aromatic nitrogens is 1. The molecule has 0 aliphatic rings. The average Bonchev–Trinajstić information content (AvgIpc) is 3.15. The molecule has 0 radical (unpaired) electrons. The minimum Gasteiger partial charge on any atom is -0.316 e. The molecule has 0 saturated carbocycles. The normalized spacial score (nSPS) is 11.7. The van der Waals surface area contributed by atoms with Gasteiger partial charge in [0, 0.05) is 22.0 Å². The fourth-order valence-corrected chi connectivity index (χ4v) is 6.44. The standard InChI is InChI=1S/C30H30Cl2N4O3S/c1-19-6-9-27(10-7-19)40(38,39)35(26-13-20(2)12-21(3)14-26)18-30(37)34-33-17-24-15-22(4)36(23(24)5)29-11-8-25(31)16-28(29)32/h6-17H,18H2,1-5H3,(H,34,37)/b33-17-. The van der Waals surface area contributed by atoms with Gasteiger partial charge in [0.05, 0.1) is 27.5 Å². The third kappa shape index (κ3) is 6.41. The monoisotopic (exact) mass is 596 g/mol. The summed E-state index contributed by atoms with van der Waals surface area (Å²) in [6, 6.07) is 19.2. The van der Waals surface area contributed by atoms with Crippen molar-refractivity contribution in [3.63, 3.8) is 0 Å². The van der Waals surface area contributed by atoms with E-state index in [4.69, 9.17) is 23.2 Å². The zero-order chi connectivity index (χ0) is 29.2. The summed E-state index contributed by atoms with van der Waals surface area (Å²) in [5, 5.41) is 5.17. The van der Waals surface area contributed by atoms with Crippen LogP contribution in [0.3, 0.4) is 0 Å². The molecular weight excluding hydrogens is 567 g/mol. The van der Waals surface area contributed by atoms with E-state index in [1.54, 1.807) is 48.5 Å². The molecule has 0 saturated heterocycles. The minimum atomic E-state index is -4.03. The van der Waals surface area contributed by atoms with Crippen LogP contribution < -0.4 is 9.73 Å². The third-order valence-corrected chi connectivity index (χ3v) is 8.73. The van der Waals surface area contributed by atoms with E-state index in [0.29, 0.717) is 15.7 Å². The Morgan fingerprint density at radius 3 is 2.17 bits per heavy atom. The molecule has 3 aromatic carbocycles. The van der Waals surface area contributed by atoms with E-state index >= 15 is 0 Å². The first-order chi connectivity index (χ1) is 18.9. The van der Waals surface area contributed by atoms with Crippen LogP contribution in [-0.2, 0) is 14.8 Å². The number of hydrazone groups is 1. The van der Waals surface area contributed by atoms with Crippen molar-refractivity contribution in [2.45, 2.75) is 39.5 Å². The van der Waals surface area contributed by atoms with Crippen LogP contribution >= 0.6 is 23.2 Å². The summed E-state index contributed by atoms with van der Waals surface area (Å²) in [6.07, 6.45) is 1.52. The van der Waals surface area contributed by atoms with E-state index in [0.717, 1.165) is 43.6 Å². The molecule has 7 nitrogen and oxygen atoms in total. The van der Waals surface area contributed by atoms with Gasteiger partial charge in [-0.25, -0.2) is 13.8 Å². The molecule has 40 heavy (non-hydrogen) atoms. The highest BCUT2D eigenvalue weighted by Crippen LogP contribution is 2.29. The highest BCUT2D eigenvalue weighted by molar-refractivity contribution is 7.92. The quantitative estimate of drug-likeness (QED) is 0.182. The zero-order valence-corrected chi connectivity index (χ0v) is 25.2. The maximum atomic E-state index is 13.7. The molecule has 208 valence electrons. The summed E-state index contributed by atoms with van der Waals surface area (Å²) in [4.78, 5) is 13.1. The summed E-state index contributed by atoms with van der Waals surface area (Å²) >= 11 is 12.5. The van der Waals surface area contributed by atoms with Gasteiger partial charge in [0.15, 0.2) is 0 Å². The van der Waals surface area contributed by atoms with Gasteiger partial charge in [0.2, 0.25) is 0 Å². The van der Waals surface area contributed by atoms with Gasteiger partial charge in [-0.15, -0.1) is 0 Å². The van der Waals surface area contributed by atoms with Gasteiger partial charge in [-0.05, 0) is 94.3 Å². The van der Waals surface area contributed by atoms with Gasteiger partial charge in [0.25, 0.3) is 15.9 Å². The van der Waals surface area contributed by atoms with Crippen molar-refractivity contribution < 1.29 is 13.2 Å². The van der Waals surface area contributed by atoms with Gasteiger partial charge >= 0.3 is 0 Å². The van der Waals surface area contributed by atoms with Crippen LogP contribution in [0, 0.1) is 34.6 Å². The number of halogens is 2. The second-order valence-corrected chi connectivity index (χ2v) is 12.4. The number of rotatable bonds is 8. The molecule has 0 fully saturated rings. The highest BCUT2D eigenvalue weighted by Gasteiger charge is 2.27. The third-order valence-electron chi connectivity index (χ3n) is 6.40. The number of carbonyl (C=O) groups excluding carboxylic acids is 1. The van der Waals surface area contributed by atoms with E-state index < -0.39 is 22.5 Å². The Bertz CT molecular complexity index is 1690. The number of anilines is 1. The topological polar surface area (TPSA) is 83.8 Å². The molecule has 0 spiro atoms. The molecule has 10 heteroatoms. The molecule has 0 bridgehead atoms. The van der Waals surface area contributed by atoms with Crippen LogP contribution in [0.2, 0.25) is 10.0 Å². The van der Waals surface area contributed by atoms with Gasteiger partial charge in [0.1, 0.15) is 6.54 Å². The predicted molar refractivity (Wildman–Crippen MR) is 163 cm³/mol. The number of nitrogens with one attached hydrogen (secondary N) is 1. The number of carbonyl (C=O) groups is 1. The summed E-state index contributed by atoms with van der Waals surface area (Å²) < 4.78 is 30.4. The van der Waals surface area contributed by atoms with Crippen molar-refractivity contribution in [2.75, 3.05) is 10.8 Å². The van der Waals surface area contributed by atoms with Crippen LogP contribution in [0.15, 0.2) is 76.7 Å². The summed E-state index contributed by atoms with van der Waals surface area (Å²) in [6.45, 7) is 9.04. The van der Waals surface area contributed by atoms with Gasteiger partial charge in [-0.2, -0.15) is 5.10 Å². The SMILES string of the molecule is Cc1ccc(S(=O)(=O)N(CC(=O)N/N=C\c2cc(C)n(-c3ccc(Cl)cc3Cl)c2C)c2cc(C)cc(C)c2)cc1. The van der Waals surface area contributed by atoms with E-state index in [2.05, 4.69) is 10.5 Å². The molecule has 4 rings (SSSR count). The Kier molecular flexibility index (Phi) is 8.73. The molecule has 1 amide bonds. The molecule has 1 heterocycles. The number of sulfonamides is 1. The van der Waals surface area contributed by atoms with Crippen LogP contribution in [0.25, 0.3) is 5.69 Å². The average molecular weight is 598 g/mol. The molecule has 0 atom stereocenters. The number of hydrogen-bond acceptors (Lipinski definition) is 4. The first-order valence-electron chi connectivity index (χ1n) is 12.5. The molecular formula is C30H30Cl2N4O3S. The molecule has 1 aromatic heterocycles. The number of nitrogens with zero attached hydrogens (tertiary/aromatic N) is 3. The maximum Gasteiger partial charge on any atom is 0.264 e. The lowest BCUT2D eigenvalue weighted by atomic mass is 10.1. The minimum absolute atomic E-state index is 0.0989. The number of amides is 1. The Labute approximate surface area is 245 Å². The molecule has 0 unspecified atom stereocenters. The van der Waals surface area contributed by atoms with Crippen molar-refractivity contribution in [3.8, 4) is 5.69 Å². The summed E-state index contributed by atoms with van der Waals surface area (Å²) in [7, 11) is -4.03.